The normalized spacial score (nSPS) is 17.4. The smallest absolute Gasteiger partial charge is 0.437 e. The minimum Gasteiger partial charge on any atom is -0.437 e. The molecule has 0 amide bonds. The molecular formula is C5H3F7O2. The number of rotatable bonds is 3. The largest absolute Gasteiger partial charge is 0.528 e. The molecule has 0 spiro atoms. The summed E-state index contributed by atoms with van der Waals surface area (Å²) in [7, 11) is 0. The van der Waals surface area contributed by atoms with Crippen LogP contribution in [0.1, 0.15) is 0 Å². The van der Waals surface area contributed by atoms with Gasteiger partial charge >= 0.3 is 18.6 Å². The van der Waals surface area contributed by atoms with Gasteiger partial charge in [-0.15, -0.1) is 13.2 Å². The molecule has 14 heavy (non-hydrogen) atoms. The van der Waals surface area contributed by atoms with Crippen molar-refractivity contribution in [2.45, 2.75) is 18.6 Å². The first-order valence-corrected chi connectivity index (χ1v) is 2.83. The Kier molecular flexibility index (Phi) is 3.38. The maximum Gasteiger partial charge on any atom is 0.528 e. The molecule has 0 fully saturated rings. The average Bonchev–Trinajstić information content (AvgIpc) is 1.79. The van der Waals surface area contributed by atoms with Crippen molar-refractivity contribution in [1.29, 1.82) is 0 Å². The quantitative estimate of drug-likeness (QED) is 0.420. The van der Waals surface area contributed by atoms with Crippen LogP contribution >= 0.6 is 0 Å². The Balaban J connectivity index is 4.82. The minimum absolute atomic E-state index is 0.154. The van der Waals surface area contributed by atoms with Crippen molar-refractivity contribution in [1.82, 2.24) is 0 Å². The van der Waals surface area contributed by atoms with E-state index < -0.39 is 18.6 Å². The lowest BCUT2D eigenvalue weighted by Gasteiger charge is -2.26. The van der Waals surface area contributed by atoms with Gasteiger partial charge in [0.1, 0.15) is 0 Å². The van der Waals surface area contributed by atoms with Gasteiger partial charge in [0.25, 0.3) is 0 Å². The van der Waals surface area contributed by atoms with Crippen molar-refractivity contribution in [3.8, 4) is 0 Å². The Hall–Kier alpha value is -0.990. The summed E-state index contributed by atoms with van der Waals surface area (Å²) in [5, 5.41) is 0. The number of hydrogen-bond donors (Lipinski definition) is 0. The molecule has 0 aliphatic rings. The maximum absolute atomic E-state index is 12.4. The van der Waals surface area contributed by atoms with E-state index in [1.165, 1.54) is 0 Å². The highest BCUT2D eigenvalue weighted by Crippen LogP contribution is 2.40. The summed E-state index contributed by atoms with van der Waals surface area (Å²) < 4.78 is 86.5. The first-order valence-electron chi connectivity index (χ1n) is 2.83. The second-order valence-electron chi connectivity index (χ2n) is 1.87. The van der Waals surface area contributed by atoms with Gasteiger partial charge in [0, 0.05) is 0 Å². The molecule has 1 atom stereocenters. The fraction of sp³-hybridized carbons (Fsp3) is 0.600. The molecule has 2 nitrogen and oxygen atoms in total. The molecule has 0 N–H and O–H groups in total. The van der Waals surface area contributed by atoms with Crippen LogP contribution in [0.15, 0.2) is 12.8 Å². The molecule has 84 valence electrons. The van der Waals surface area contributed by atoms with Crippen LogP contribution in [0.4, 0.5) is 30.7 Å². The Morgan fingerprint density at radius 2 is 1.36 bits per heavy atom. The van der Waals surface area contributed by atoms with Gasteiger partial charge in [-0.3, -0.25) is 0 Å². The highest BCUT2D eigenvalue weighted by Gasteiger charge is 2.65. The highest BCUT2D eigenvalue weighted by molar-refractivity contribution is 4.70. The molecule has 0 heterocycles. The lowest BCUT2D eigenvalue weighted by Crippen LogP contribution is -2.48. The van der Waals surface area contributed by atoms with Crippen LogP contribution in [-0.2, 0) is 9.47 Å². The van der Waals surface area contributed by atoms with Crippen molar-refractivity contribution >= 4 is 0 Å². The Morgan fingerprint density at radius 1 is 0.929 bits per heavy atom. The minimum atomic E-state index is -5.99. The molecule has 0 aromatic rings. The lowest BCUT2D eigenvalue weighted by atomic mass is 10.6. The van der Waals surface area contributed by atoms with Crippen LogP contribution in [0.5, 0.6) is 0 Å². The van der Waals surface area contributed by atoms with E-state index in [2.05, 4.69) is 16.1 Å². The van der Waals surface area contributed by atoms with Gasteiger partial charge < -0.3 is 4.74 Å². The van der Waals surface area contributed by atoms with E-state index >= 15 is 0 Å². The van der Waals surface area contributed by atoms with Crippen molar-refractivity contribution in [2.75, 3.05) is 0 Å². The van der Waals surface area contributed by atoms with E-state index in [-0.39, 0.29) is 6.26 Å². The molecule has 0 aromatic carbocycles. The van der Waals surface area contributed by atoms with E-state index in [1.54, 1.807) is 0 Å². The fourth-order valence-corrected chi connectivity index (χ4v) is 0.405. The van der Waals surface area contributed by atoms with Crippen molar-refractivity contribution < 1.29 is 40.2 Å². The van der Waals surface area contributed by atoms with Crippen LogP contribution in [0.3, 0.4) is 0 Å². The second-order valence-corrected chi connectivity index (χ2v) is 1.87. The number of halogens is 7. The third-order valence-corrected chi connectivity index (χ3v) is 0.821. The monoisotopic (exact) mass is 228 g/mol. The van der Waals surface area contributed by atoms with E-state index in [4.69, 9.17) is 0 Å². The van der Waals surface area contributed by atoms with Crippen LogP contribution < -0.4 is 0 Å². The number of alkyl halides is 7. The van der Waals surface area contributed by atoms with E-state index in [0.29, 0.717) is 0 Å². The van der Waals surface area contributed by atoms with Gasteiger partial charge in [-0.05, 0) is 0 Å². The summed E-state index contributed by atoms with van der Waals surface area (Å²) in [4.78, 5) is 0. The van der Waals surface area contributed by atoms with Gasteiger partial charge in [-0.1, -0.05) is 6.58 Å². The van der Waals surface area contributed by atoms with Gasteiger partial charge in [0.05, 0.1) is 6.26 Å². The summed E-state index contributed by atoms with van der Waals surface area (Å²) >= 11 is 0. The van der Waals surface area contributed by atoms with Crippen LogP contribution in [0.25, 0.3) is 0 Å². The molecule has 0 aromatic heterocycles. The zero-order valence-corrected chi connectivity index (χ0v) is 6.25. The maximum atomic E-state index is 12.4. The zero-order valence-electron chi connectivity index (χ0n) is 6.25. The zero-order chi connectivity index (χ0) is 11.6. The summed E-state index contributed by atoms with van der Waals surface area (Å²) in [5.74, 6) is 0. The first-order chi connectivity index (χ1) is 6.02. The van der Waals surface area contributed by atoms with E-state index in [1.807, 2.05) is 0 Å². The third-order valence-electron chi connectivity index (χ3n) is 0.821. The predicted octanol–water partition coefficient (Wildman–Crippen LogP) is 2.87. The fourth-order valence-electron chi connectivity index (χ4n) is 0.405. The van der Waals surface area contributed by atoms with Crippen molar-refractivity contribution in [3.63, 3.8) is 0 Å². The summed E-state index contributed by atoms with van der Waals surface area (Å²) in [6, 6.07) is -5.27. The van der Waals surface area contributed by atoms with Gasteiger partial charge in [0.15, 0.2) is 0 Å². The number of hydrogen-bond acceptors (Lipinski definition) is 2. The molecule has 0 saturated carbocycles. The molecule has 1 unspecified atom stereocenters. The summed E-state index contributed by atoms with van der Waals surface area (Å²) in [6.07, 6.45) is -12.0. The third kappa shape index (κ3) is 3.40. The van der Waals surface area contributed by atoms with Crippen molar-refractivity contribution in [2.24, 2.45) is 0 Å². The summed E-state index contributed by atoms with van der Waals surface area (Å²) in [6.45, 7) is 2.48. The van der Waals surface area contributed by atoms with Crippen molar-refractivity contribution in [3.05, 3.63) is 12.8 Å². The molecule has 9 heteroatoms. The van der Waals surface area contributed by atoms with Gasteiger partial charge in [-0.2, -0.15) is 17.6 Å². The van der Waals surface area contributed by atoms with E-state index in [0.717, 1.165) is 0 Å². The molecule has 0 saturated heterocycles. The molecule has 0 radical (unpaired) electrons. The lowest BCUT2D eigenvalue weighted by molar-refractivity contribution is -0.507. The molecule has 0 rings (SSSR count). The van der Waals surface area contributed by atoms with Gasteiger partial charge in [-0.25, -0.2) is 4.74 Å². The Bertz CT molecular complexity index is 207. The number of ether oxygens (including phenoxy) is 2. The molecular weight excluding hydrogens is 225 g/mol. The predicted molar refractivity (Wildman–Crippen MR) is 28.3 cm³/mol. The SMILES string of the molecule is C=COC(F)(OC(F)(F)F)C(F)(F)F. The standard InChI is InChI=1S/C5H3F7O2/c1-2-13-4(9,3(6,7)8)14-5(10,11)12/h2H,1H2. The summed E-state index contributed by atoms with van der Waals surface area (Å²) in [5.41, 5.74) is 0. The average molecular weight is 228 g/mol. The van der Waals surface area contributed by atoms with E-state index in [9.17, 15) is 30.7 Å². The Morgan fingerprint density at radius 3 is 1.57 bits per heavy atom. The van der Waals surface area contributed by atoms with Gasteiger partial charge in [0.2, 0.25) is 0 Å². The molecule has 0 aliphatic carbocycles. The van der Waals surface area contributed by atoms with Crippen LogP contribution in [0, 0.1) is 0 Å². The topological polar surface area (TPSA) is 18.5 Å². The van der Waals surface area contributed by atoms with Crippen LogP contribution in [0.2, 0.25) is 0 Å². The highest BCUT2D eigenvalue weighted by atomic mass is 19.4. The molecule has 0 aliphatic heterocycles. The first kappa shape index (κ1) is 13.0. The van der Waals surface area contributed by atoms with Crippen LogP contribution in [-0.4, -0.2) is 18.6 Å². The second kappa shape index (κ2) is 3.64. The Labute approximate surface area is 72.9 Å². The molecule has 0 bridgehead atoms.